The minimum absolute atomic E-state index is 0.208. The molecule has 1 aromatic heterocycles. The lowest BCUT2D eigenvalue weighted by molar-refractivity contribution is 0.102. The van der Waals surface area contributed by atoms with Gasteiger partial charge in [-0.25, -0.2) is 4.98 Å². The van der Waals surface area contributed by atoms with Gasteiger partial charge in [0.25, 0.3) is 5.91 Å². The van der Waals surface area contributed by atoms with Crippen molar-refractivity contribution in [2.75, 3.05) is 17.7 Å². The zero-order valence-electron chi connectivity index (χ0n) is 14.1. The molecule has 25 heavy (non-hydrogen) atoms. The van der Waals surface area contributed by atoms with Gasteiger partial charge in [-0.15, -0.1) is 0 Å². The van der Waals surface area contributed by atoms with E-state index in [-0.39, 0.29) is 5.91 Å². The first-order valence-electron chi connectivity index (χ1n) is 7.89. The van der Waals surface area contributed by atoms with Crippen molar-refractivity contribution in [3.8, 4) is 5.75 Å². The van der Waals surface area contributed by atoms with E-state index >= 15 is 0 Å². The van der Waals surface area contributed by atoms with Crippen molar-refractivity contribution in [1.29, 1.82) is 0 Å². The summed E-state index contributed by atoms with van der Waals surface area (Å²) >= 11 is 0. The van der Waals surface area contributed by atoms with Crippen LogP contribution in [0.1, 0.15) is 15.9 Å². The molecule has 2 N–H and O–H groups in total. The quantitative estimate of drug-likeness (QED) is 0.727. The Hall–Kier alpha value is -3.34. The summed E-state index contributed by atoms with van der Waals surface area (Å²) in [6, 6.07) is 18.7. The maximum atomic E-state index is 12.3. The number of pyridine rings is 1. The summed E-state index contributed by atoms with van der Waals surface area (Å²) < 4.78 is 5.14. The van der Waals surface area contributed by atoms with Crippen LogP contribution < -0.4 is 15.4 Å². The first-order valence-corrected chi connectivity index (χ1v) is 7.89. The molecule has 3 aromatic rings. The van der Waals surface area contributed by atoms with Crippen LogP contribution in [0.3, 0.4) is 0 Å². The van der Waals surface area contributed by atoms with E-state index in [4.69, 9.17) is 4.74 Å². The van der Waals surface area contributed by atoms with Gasteiger partial charge in [0.05, 0.1) is 19.0 Å². The van der Waals surface area contributed by atoms with E-state index in [0.717, 1.165) is 5.69 Å². The predicted octanol–water partition coefficient (Wildman–Crippen LogP) is 4.39. The topological polar surface area (TPSA) is 63.2 Å². The summed E-state index contributed by atoms with van der Waals surface area (Å²) in [5, 5.41) is 6.06. The highest BCUT2D eigenvalue weighted by molar-refractivity contribution is 6.04. The minimum Gasteiger partial charge on any atom is -0.497 e. The second-order valence-corrected chi connectivity index (χ2v) is 5.61. The van der Waals surface area contributed by atoms with Gasteiger partial charge in [0.15, 0.2) is 0 Å². The van der Waals surface area contributed by atoms with Gasteiger partial charge in [0.1, 0.15) is 11.6 Å². The molecule has 0 aliphatic heterocycles. The molecule has 0 unspecified atom stereocenters. The highest BCUT2D eigenvalue weighted by Crippen LogP contribution is 2.18. The van der Waals surface area contributed by atoms with Crippen LogP contribution >= 0.6 is 0 Å². The standard InChI is InChI=1S/C20H19N3O2/c1-14-5-3-7-16(11-14)22-19-10-9-17(13-21-19)23-20(24)15-6-4-8-18(12-15)25-2/h3-13H,1-2H3,(H,21,22)(H,23,24). The third-order valence-electron chi connectivity index (χ3n) is 3.64. The molecular weight excluding hydrogens is 314 g/mol. The molecule has 0 spiro atoms. The van der Waals surface area contributed by atoms with E-state index in [0.29, 0.717) is 22.8 Å². The number of carbonyl (C=O) groups excluding carboxylic acids is 1. The molecule has 126 valence electrons. The van der Waals surface area contributed by atoms with E-state index in [1.807, 2.05) is 43.3 Å². The lowest BCUT2D eigenvalue weighted by Gasteiger charge is -2.09. The average Bonchev–Trinajstić information content (AvgIpc) is 2.63. The molecule has 0 aliphatic carbocycles. The van der Waals surface area contributed by atoms with Crippen molar-refractivity contribution in [2.24, 2.45) is 0 Å². The number of methoxy groups -OCH3 is 1. The maximum absolute atomic E-state index is 12.3. The number of rotatable bonds is 5. The van der Waals surface area contributed by atoms with Gasteiger partial charge in [-0.1, -0.05) is 18.2 Å². The maximum Gasteiger partial charge on any atom is 0.255 e. The van der Waals surface area contributed by atoms with Crippen LogP contribution in [-0.2, 0) is 0 Å². The molecule has 0 saturated carbocycles. The van der Waals surface area contributed by atoms with Crippen LogP contribution in [0.2, 0.25) is 0 Å². The first-order chi connectivity index (χ1) is 12.1. The molecule has 5 heteroatoms. The van der Waals surface area contributed by atoms with Crippen LogP contribution in [0.25, 0.3) is 0 Å². The van der Waals surface area contributed by atoms with Crippen molar-refractivity contribution in [2.45, 2.75) is 6.92 Å². The smallest absolute Gasteiger partial charge is 0.255 e. The van der Waals surface area contributed by atoms with Gasteiger partial charge in [0.2, 0.25) is 0 Å². The Kier molecular flexibility index (Phi) is 4.95. The predicted molar refractivity (Wildman–Crippen MR) is 99.6 cm³/mol. The lowest BCUT2D eigenvalue weighted by atomic mass is 10.2. The van der Waals surface area contributed by atoms with Crippen LogP contribution in [0.5, 0.6) is 5.75 Å². The second kappa shape index (κ2) is 7.49. The fourth-order valence-electron chi connectivity index (χ4n) is 2.38. The number of carbonyl (C=O) groups is 1. The summed E-state index contributed by atoms with van der Waals surface area (Å²) in [5.74, 6) is 1.15. The number of hydrogen-bond donors (Lipinski definition) is 2. The summed E-state index contributed by atoms with van der Waals surface area (Å²) in [6.45, 7) is 2.04. The van der Waals surface area contributed by atoms with Gasteiger partial charge in [-0.05, 0) is 55.0 Å². The van der Waals surface area contributed by atoms with Crippen molar-refractivity contribution >= 4 is 23.1 Å². The Morgan fingerprint density at radius 1 is 1.00 bits per heavy atom. The van der Waals surface area contributed by atoms with Crippen LogP contribution in [-0.4, -0.2) is 18.0 Å². The number of hydrogen-bond acceptors (Lipinski definition) is 4. The summed E-state index contributed by atoms with van der Waals surface area (Å²) in [4.78, 5) is 16.6. The molecule has 2 aromatic carbocycles. The van der Waals surface area contributed by atoms with Crippen LogP contribution in [0, 0.1) is 6.92 Å². The number of nitrogens with one attached hydrogen (secondary N) is 2. The Bertz CT molecular complexity index is 876. The van der Waals surface area contributed by atoms with Crippen molar-refractivity contribution in [3.05, 3.63) is 78.0 Å². The highest BCUT2D eigenvalue weighted by Gasteiger charge is 2.07. The van der Waals surface area contributed by atoms with E-state index in [9.17, 15) is 4.79 Å². The number of anilines is 3. The Labute approximate surface area is 146 Å². The Morgan fingerprint density at radius 3 is 2.56 bits per heavy atom. The Morgan fingerprint density at radius 2 is 1.84 bits per heavy atom. The Balaban J connectivity index is 1.66. The fraction of sp³-hybridized carbons (Fsp3) is 0.100. The summed E-state index contributed by atoms with van der Waals surface area (Å²) in [5.41, 5.74) is 3.30. The average molecular weight is 333 g/mol. The van der Waals surface area contributed by atoms with E-state index in [1.165, 1.54) is 5.56 Å². The van der Waals surface area contributed by atoms with Crippen LogP contribution in [0.4, 0.5) is 17.2 Å². The number of benzene rings is 2. The first kappa shape index (κ1) is 16.5. The molecule has 0 atom stereocenters. The van der Waals surface area contributed by atoms with E-state index in [1.54, 1.807) is 37.6 Å². The molecule has 1 heterocycles. The van der Waals surface area contributed by atoms with Crippen molar-refractivity contribution in [1.82, 2.24) is 4.98 Å². The van der Waals surface area contributed by atoms with E-state index < -0.39 is 0 Å². The molecule has 0 fully saturated rings. The monoisotopic (exact) mass is 333 g/mol. The van der Waals surface area contributed by atoms with E-state index in [2.05, 4.69) is 15.6 Å². The van der Waals surface area contributed by atoms with Gasteiger partial charge < -0.3 is 15.4 Å². The third-order valence-corrected chi connectivity index (χ3v) is 3.64. The number of aromatic nitrogens is 1. The number of amides is 1. The number of ether oxygens (including phenoxy) is 1. The normalized spacial score (nSPS) is 10.2. The minimum atomic E-state index is -0.208. The van der Waals surface area contributed by atoms with Crippen LogP contribution in [0.15, 0.2) is 66.9 Å². The molecular formula is C20H19N3O2. The molecule has 1 amide bonds. The fourth-order valence-corrected chi connectivity index (χ4v) is 2.38. The third kappa shape index (κ3) is 4.35. The molecule has 0 aliphatic rings. The second-order valence-electron chi connectivity index (χ2n) is 5.61. The van der Waals surface area contributed by atoms with Gasteiger partial charge in [-0.3, -0.25) is 4.79 Å². The zero-order valence-corrected chi connectivity index (χ0v) is 14.1. The zero-order chi connectivity index (χ0) is 17.6. The van der Waals surface area contributed by atoms with Crippen molar-refractivity contribution in [3.63, 3.8) is 0 Å². The van der Waals surface area contributed by atoms with Crippen molar-refractivity contribution < 1.29 is 9.53 Å². The van der Waals surface area contributed by atoms with Gasteiger partial charge >= 0.3 is 0 Å². The summed E-state index contributed by atoms with van der Waals surface area (Å²) in [7, 11) is 1.57. The van der Waals surface area contributed by atoms with Gasteiger partial charge in [0, 0.05) is 11.3 Å². The van der Waals surface area contributed by atoms with Gasteiger partial charge in [-0.2, -0.15) is 0 Å². The SMILES string of the molecule is COc1cccc(C(=O)Nc2ccc(Nc3cccc(C)c3)nc2)c1. The molecule has 5 nitrogen and oxygen atoms in total. The number of aryl methyl sites for hydroxylation is 1. The molecule has 0 bridgehead atoms. The lowest BCUT2D eigenvalue weighted by Crippen LogP contribution is -2.12. The molecule has 0 radical (unpaired) electrons. The molecule has 0 saturated heterocycles. The largest absolute Gasteiger partial charge is 0.497 e. The molecule has 3 rings (SSSR count). The number of nitrogens with zero attached hydrogens (tertiary/aromatic N) is 1. The summed E-state index contributed by atoms with van der Waals surface area (Å²) in [6.07, 6.45) is 1.62. The highest BCUT2D eigenvalue weighted by atomic mass is 16.5.